The van der Waals surface area contributed by atoms with E-state index in [0.717, 1.165) is 4.88 Å². The smallest absolute Gasteiger partial charge is 0.161 e. The third-order valence-electron chi connectivity index (χ3n) is 2.31. The molecule has 0 bridgehead atoms. The van der Waals surface area contributed by atoms with Crippen molar-refractivity contribution < 1.29 is 9.90 Å². The maximum Gasteiger partial charge on any atom is 0.161 e. The molecule has 82 valence electrons. The van der Waals surface area contributed by atoms with Gasteiger partial charge in [0, 0.05) is 27.8 Å². The quantitative estimate of drug-likeness (QED) is 0.619. The van der Waals surface area contributed by atoms with Crippen LogP contribution in [0.4, 0.5) is 5.69 Å². The molecule has 2 aromatic rings. The Bertz CT molecular complexity index is 546. The molecule has 0 radical (unpaired) electrons. The Kier molecular flexibility index (Phi) is 2.66. The number of Topliss-reactive ketones (excluding diaryl/α,β-unsaturated/α-hetero) is 1. The zero-order chi connectivity index (χ0) is 11.7. The summed E-state index contributed by atoms with van der Waals surface area (Å²) in [4.78, 5) is 12.2. The summed E-state index contributed by atoms with van der Waals surface area (Å²) in [6.45, 7) is 1.51. The molecule has 0 aliphatic carbocycles. The normalized spacial score (nSPS) is 10.3. The number of carbonyl (C=O) groups is 1. The molecule has 3 N–H and O–H groups in total. The molecule has 1 heterocycles. The number of nitrogen functional groups attached to an aromatic ring is 1. The van der Waals surface area contributed by atoms with Crippen molar-refractivity contribution in [2.75, 3.05) is 5.73 Å². The first-order valence-electron chi connectivity index (χ1n) is 4.77. The maximum atomic E-state index is 11.4. The third-order valence-corrected chi connectivity index (χ3v) is 3.26. The molecule has 0 atom stereocenters. The van der Waals surface area contributed by atoms with Crippen molar-refractivity contribution in [1.29, 1.82) is 0 Å². The van der Waals surface area contributed by atoms with Crippen LogP contribution in [0.15, 0.2) is 29.6 Å². The first-order chi connectivity index (χ1) is 7.59. The molecule has 4 heteroatoms. The van der Waals surface area contributed by atoms with Gasteiger partial charge in [0.15, 0.2) is 5.78 Å². The van der Waals surface area contributed by atoms with E-state index in [2.05, 4.69) is 0 Å². The zero-order valence-corrected chi connectivity index (χ0v) is 9.54. The summed E-state index contributed by atoms with van der Waals surface area (Å²) in [6, 6.07) is 6.68. The number of anilines is 1. The third kappa shape index (κ3) is 1.79. The Labute approximate surface area is 97.2 Å². The molecule has 0 fully saturated rings. The van der Waals surface area contributed by atoms with Gasteiger partial charge in [0.25, 0.3) is 0 Å². The molecule has 0 aliphatic heterocycles. The zero-order valence-electron chi connectivity index (χ0n) is 8.73. The van der Waals surface area contributed by atoms with Crippen LogP contribution in [-0.2, 0) is 0 Å². The molecular weight excluding hydrogens is 222 g/mol. The average molecular weight is 233 g/mol. The molecule has 0 amide bonds. The lowest BCUT2D eigenvalue weighted by Crippen LogP contribution is -1.92. The number of ketones is 1. The van der Waals surface area contributed by atoms with Crippen molar-refractivity contribution in [2.45, 2.75) is 6.92 Å². The minimum Gasteiger partial charge on any atom is -0.507 e. The van der Waals surface area contributed by atoms with E-state index in [1.165, 1.54) is 24.3 Å². The molecule has 16 heavy (non-hydrogen) atoms. The number of benzene rings is 1. The average Bonchev–Trinajstić information content (AvgIpc) is 2.66. The van der Waals surface area contributed by atoms with Crippen LogP contribution in [0, 0.1) is 0 Å². The second-order valence-corrected chi connectivity index (χ2v) is 4.41. The number of hydrogen-bond donors (Lipinski definition) is 2. The molecule has 0 spiro atoms. The van der Waals surface area contributed by atoms with Gasteiger partial charge in [-0.25, -0.2) is 0 Å². The predicted octanol–water partition coefficient (Wildman–Crippen LogP) is 2.91. The highest BCUT2D eigenvalue weighted by atomic mass is 32.1. The lowest BCUT2D eigenvalue weighted by atomic mass is 10.1. The fourth-order valence-electron chi connectivity index (χ4n) is 1.54. The summed E-state index contributed by atoms with van der Waals surface area (Å²) in [5.74, 6) is 0.0948. The van der Waals surface area contributed by atoms with Crippen molar-refractivity contribution in [3.8, 4) is 16.2 Å². The van der Waals surface area contributed by atoms with Crippen molar-refractivity contribution >= 4 is 22.8 Å². The van der Waals surface area contributed by atoms with Gasteiger partial charge < -0.3 is 10.8 Å². The molecule has 0 saturated carbocycles. The SMILES string of the molecule is CC(=O)c1ccsc1-c1ccc(N)cc1O. The number of aromatic hydroxyl groups is 1. The largest absolute Gasteiger partial charge is 0.507 e. The molecule has 0 aliphatic rings. The number of carbonyl (C=O) groups excluding carboxylic acids is 1. The van der Waals surface area contributed by atoms with Crippen molar-refractivity contribution in [3.63, 3.8) is 0 Å². The van der Waals surface area contributed by atoms with Crippen LogP contribution in [0.2, 0.25) is 0 Å². The fourth-order valence-corrected chi connectivity index (χ4v) is 2.51. The van der Waals surface area contributed by atoms with Crippen molar-refractivity contribution in [2.24, 2.45) is 0 Å². The predicted molar refractivity (Wildman–Crippen MR) is 65.8 cm³/mol. The fraction of sp³-hybridized carbons (Fsp3) is 0.0833. The molecule has 1 aromatic carbocycles. The maximum absolute atomic E-state index is 11.4. The van der Waals surface area contributed by atoms with E-state index in [0.29, 0.717) is 16.8 Å². The van der Waals surface area contributed by atoms with Gasteiger partial charge in [-0.05, 0) is 30.5 Å². The second-order valence-electron chi connectivity index (χ2n) is 3.50. The van der Waals surface area contributed by atoms with Crippen molar-refractivity contribution in [1.82, 2.24) is 0 Å². The van der Waals surface area contributed by atoms with E-state index in [4.69, 9.17) is 5.73 Å². The summed E-state index contributed by atoms with van der Waals surface area (Å²) in [5, 5.41) is 11.6. The molecule has 3 nitrogen and oxygen atoms in total. The number of phenols is 1. The summed E-state index contributed by atoms with van der Waals surface area (Å²) >= 11 is 1.43. The van der Waals surface area contributed by atoms with Gasteiger partial charge in [0.05, 0.1) is 0 Å². The minimum absolute atomic E-state index is 0.00697. The van der Waals surface area contributed by atoms with Gasteiger partial charge in [-0.2, -0.15) is 0 Å². The van der Waals surface area contributed by atoms with Gasteiger partial charge in [-0.1, -0.05) is 0 Å². The van der Waals surface area contributed by atoms with Crippen LogP contribution in [0.1, 0.15) is 17.3 Å². The van der Waals surface area contributed by atoms with Gasteiger partial charge >= 0.3 is 0 Å². The number of nitrogens with two attached hydrogens (primary N) is 1. The standard InChI is InChI=1S/C12H11NO2S/c1-7(14)9-4-5-16-12(9)10-3-2-8(13)6-11(10)15/h2-6,15H,13H2,1H3. The van der Waals surface area contributed by atoms with E-state index in [-0.39, 0.29) is 11.5 Å². The van der Waals surface area contributed by atoms with Crippen LogP contribution in [0.5, 0.6) is 5.75 Å². The van der Waals surface area contributed by atoms with Crippen molar-refractivity contribution in [3.05, 3.63) is 35.2 Å². The summed E-state index contributed by atoms with van der Waals surface area (Å²) in [7, 11) is 0. The first kappa shape index (κ1) is 10.7. The Morgan fingerprint density at radius 1 is 1.38 bits per heavy atom. The lowest BCUT2D eigenvalue weighted by molar-refractivity contribution is 0.101. The highest BCUT2D eigenvalue weighted by Crippen LogP contribution is 2.36. The van der Waals surface area contributed by atoms with E-state index in [1.807, 2.05) is 5.38 Å². The topological polar surface area (TPSA) is 63.3 Å². The monoisotopic (exact) mass is 233 g/mol. The number of phenolic OH excluding ortho intramolecular Hbond substituents is 1. The minimum atomic E-state index is -0.00697. The molecular formula is C12H11NO2S. The van der Waals surface area contributed by atoms with Crippen LogP contribution in [-0.4, -0.2) is 10.9 Å². The first-order valence-corrected chi connectivity index (χ1v) is 5.65. The van der Waals surface area contributed by atoms with Gasteiger partial charge in [-0.15, -0.1) is 11.3 Å². The lowest BCUT2D eigenvalue weighted by Gasteiger charge is -2.05. The number of thiophene rings is 1. The van der Waals surface area contributed by atoms with Gasteiger partial charge in [-0.3, -0.25) is 4.79 Å². The van der Waals surface area contributed by atoms with E-state index < -0.39 is 0 Å². The Balaban J connectivity index is 2.59. The molecule has 0 saturated heterocycles. The van der Waals surface area contributed by atoms with Gasteiger partial charge in [0.2, 0.25) is 0 Å². The Morgan fingerprint density at radius 2 is 2.12 bits per heavy atom. The Morgan fingerprint density at radius 3 is 2.75 bits per heavy atom. The molecule has 1 aromatic heterocycles. The van der Waals surface area contributed by atoms with E-state index in [1.54, 1.807) is 18.2 Å². The van der Waals surface area contributed by atoms with Crippen LogP contribution in [0.3, 0.4) is 0 Å². The highest BCUT2D eigenvalue weighted by molar-refractivity contribution is 7.14. The summed E-state index contributed by atoms with van der Waals surface area (Å²) in [5.41, 5.74) is 7.33. The van der Waals surface area contributed by atoms with Crippen LogP contribution < -0.4 is 5.73 Å². The highest BCUT2D eigenvalue weighted by Gasteiger charge is 2.13. The van der Waals surface area contributed by atoms with Crippen LogP contribution >= 0.6 is 11.3 Å². The summed E-state index contributed by atoms with van der Waals surface area (Å²) < 4.78 is 0. The summed E-state index contributed by atoms with van der Waals surface area (Å²) in [6.07, 6.45) is 0. The Hall–Kier alpha value is -1.81. The van der Waals surface area contributed by atoms with Gasteiger partial charge in [0.1, 0.15) is 5.75 Å². The molecule has 2 rings (SSSR count). The second kappa shape index (κ2) is 3.98. The number of rotatable bonds is 2. The van der Waals surface area contributed by atoms with E-state index >= 15 is 0 Å². The van der Waals surface area contributed by atoms with E-state index in [9.17, 15) is 9.90 Å². The molecule has 0 unspecified atom stereocenters. The van der Waals surface area contributed by atoms with Crippen LogP contribution in [0.25, 0.3) is 10.4 Å². The number of hydrogen-bond acceptors (Lipinski definition) is 4.